The van der Waals surface area contributed by atoms with E-state index in [4.69, 9.17) is 10.7 Å². The standard InChI is InChI=1S/C23H27N9S/c1-13-10-25-6-7-32(13)14(2)16-8-18(22-28-15(3)29-23(24)31-22)21(26-11-16)30-17-4-5-20-19(9-17)27-12-33-20/h4-5,8-9,11-14,25H,6-7,10H2,1-3H3,(H,26,30)(H2,24,28,29,31)/t13?,14-/m1/s1. The number of pyridine rings is 1. The lowest BCUT2D eigenvalue weighted by atomic mass is 10.0. The first-order valence-electron chi connectivity index (χ1n) is 11.0. The maximum atomic E-state index is 5.96. The summed E-state index contributed by atoms with van der Waals surface area (Å²) in [6.45, 7) is 9.23. The number of nitrogens with one attached hydrogen (secondary N) is 2. The summed E-state index contributed by atoms with van der Waals surface area (Å²) in [5.41, 5.74) is 11.6. The van der Waals surface area contributed by atoms with Crippen LogP contribution in [0.4, 0.5) is 17.5 Å². The summed E-state index contributed by atoms with van der Waals surface area (Å²) in [6, 6.07) is 8.86. The zero-order valence-corrected chi connectivity index (χ0v) is 19.7. The molecule has 9 nitrogen and oxygen atoms in total. The van der Waals surface area contributed by atoms with E-state index in [0.717, 1.165) is 46.7 Å². The van der Waals surface area contributed by atoms with Gasteiger partial charge in [-0.25, -0.2) is 15.0 Å². The van der Waals surface area contributed by atoms with Gasteiger partial charge in [-0.2, -0.15) is 9.97 Å². The molecule has 10 heteroatoms. The van der Waals surface area contributed by atoms with Gasteiger partial charge in [0.25, 0.3) is 0 Å². The first kappa shape index (κ1) is 21.6. The predicted molar refractivity (Wildman–Crippen MR) is 133 cm³/mol. The van der Waals surface area contributed by atoms with Crippen molar-refractivity contribution in [3.05, 3.63) is 47.4 Å². The van der Waals surface area contributed by atoms with Gasteiger partial charge in [0.05, 0.1) is 21.3 Å². The number of anilines is 3. The van der Waals surface area contributed by atoms with Gasteiger partial charge in [0.15, 0.2) is 5.82 Å². The third-order valence-electron chi connectivity index (χ3n) is 6.04. The van der Waals surface area contributed by atoms with Crippen LogP contribution >= 0.6 is 11.3 Å². The molecule has 4 heterocycles. The monoisotopic (exact) mass is 461 g/mol. The number of piperazine rings is 1. The molecule has 4 N–H and O–H groups in total. The van der Waals surface area contributed by atoms with Gasteiger partial charge in [0.2, 0.25) is 5.95 Å². The maximum absolute atomic E-state index is 5.96. The van der Waals surface area contributed by atoms with Crippen LogP contribution in [0.1, 0.15) is 31.3 Å². The number of nitrogen functional groups attached to an aromatic ring is 1. The fourth-order valence-electron chi connectivity index (χ4n) is 4.30. The molecular formula is C23H27N9S. The molecule has 0 amide bonds. The number of nitrogens with zero attached hydrogens (tertiary/aromatic N) is 6. The average Bonchev–Trinajstić information content (AvgIpc) is 3.26. The number of thiazole rings is 1. The molecule has 5 rings (SSSR count). The van der Waals surface area contributed by atoms with Crippen LogP contribution in [0.25, 0.3) is 21.6 Å². The lowest BCUT2D eigenvalue weighted by molar-refractivity contribution is 0.126. The molecule has 1 aromatic carbocycles. The zero-order chi connectivity index (χ0) is 22.9. The summed E-state index contributed by atoms with van der Waals surface area (Å²) < 4.78 is 1.14. The molecule has 1 aliphatic rings. The normalized spacial score (nSPS) is 17.8. The van der Waals surface area contributed by atoms with Crippen LogP contribution in [-0.2, 0) is 0 Å². The minimum atomic E-state index is 0.196. The molecule has 0 aliphatic carbocycles. The van der Waals surface area contributed by atoms with E-state index in [-0.39, 0.29) is 12.0 Å². The summed E-state index contributed by atoms with van der Waals surface area (Å²) in [5.74, 6) is 1.94. The number of aromatic nitrogens is 5. The van der Waals surface area contributed by atoms with Crippen molar-refractivity contribution in [1.82, 2.24) is 35.1 Å². The third kappa shape index (κ3) is 4.50. The summed E-state index contributed by atoms with van der Waals surface area (Å²) in [4.78, 5) is 24.8. The summed E-state index contributed by atoms with van der Waals surface area (Å²) in [7, 11) is 0. The molecule has 0 bridgehead atoms. The van der Waals surface area contributed by atoms with Gasteiger partial charge in [0.1, 0.15) is 11.6 Å². The molecule has 2 atom stereocenters. The Morgan fingerprint density at radius 1 is 1.21 bits per heavy atom. The largest absolute Gasteiger partial charge is 0.368 e. The summed E-state index contributed by atoms with van der Waals surface area (Å²) in [5, 5.41) is 6.89. The number of hydrogen-bond acceptors (Lipinski definition) is 10. The highest BCUT2D eigenvalue weighted by atomic mass is 32.1. The van der Waals surface area contributed by atoms with Crippen molar-refractivity contribution in [1.29, 1.82) is 0 Å². The second-order valence-corrected chi connectivity index (χ2v) is 9.24. The van der Waals surface area contributed by atoms with Crippen LogP contribution < -0.4 is 16.4 Å². The van der Waals surface area contributed by atoms with E-state index in [9.17, 15) is 0 Å². The van der Waals surface area contributed by atoms with Crippen LogP contribution in [0, 0.1) is 6.92 Å². The highest BCUT2D eigenvalue weighted by Crippen LogP contribution is 2.32. The molecule has 3 aromatic heterocycles. The Kier molecular flexibility index (Phi) is 5.88. The average molecular weight is 462 g/mol. The van der Waals surface area contributed by atoms with Crippen LogP contribution in [-0.4, -0.2) is 55.5 Å². The van der Waals surface area contributed by atoms with Gasteiger partial charge in [-0.05, 0) is 50.6 Å². The van der Waals surface area contributed by atoms with Gasteiger partial charge in [-0.15, -0.1) is 11.3 Å². The fourth-order valence-corrected chi connectivity index (χ4v) is 4.96. The molecule has 0 radical (unpaired) electrons. The molecule has 0 saturated carbocycles. The van der Waals surface area contributed by atoms with Crippen LogP contribution in [0.2, 0.25) is 0 Å². The van der Waals surface area contributed by atoms with E-state index < -0.39 is 0 Å². The number of fused-ring (bicyclic) bond motifs is 1. The molecule has 1 aliphatic heterocycles. The lowest BCUT2D eigenvalue weighted by Crippen LogP contribution is -2.50. The highest BCUT2D eigenvalue weighted by molar-refractivity contribution is 7.16. The third-order valence-corrected chi connectivity index (χ3v) is 6.85. The van der Waals surface area contributed by atoms with Crippen molar-refractivity contribution < 1.29 is 0 Å². The van der Waals surface area contributed by atoms with Crippen molar-refractivity contribution in [2.75, 3.05) is 30.7 Å². The molecular weight excluding hydrogens is 434 g/mol. The minimum absolute atomic E-state index is 0.196. The van der Waals surface area contributed by atoms with E-state index >= 15 is 0 Å². The van der Waals surface area contributed by atoms with Crippen molar-refractivity contribution >= 4 is 39.0 Å². The fraction of sp³-hybridized carbons (Fsp3) is 0.348. The first-order valence-corrected chi connectivity index (χ1v) is 11.9. The minimum Gasteiger partial charge on any atom is -0.368 e. The Balaban J connectivity index is 1.55. The number of nitrogens with two attached hydrogens (primary N) is 1. The Bertz CT molecular complexity index is 1270. The van der Waals surface area contributed by atoms with Crippen molar-refractivity contribution in [3.63, 3.8) is 0 Å². The number of hydrogen-bond donors (Lipinski definition) is 3. The van der Waals surface area contributed by atoms with E-state index in [2.05, 4.69) is 61.4 Å². The second-order valence-electron chi connectivity index (χ2n) is 8.36. The predicted octanol–water partition coefficient (Wildman–Crippen LogP) is 3.53. The number of aryl methyl sites for hydroxylation is 1. The van der Waals surface area contributed by atoms with Crippen molar-refractivity contribution in [3.8, 4) is 11.4 Å². The topological polar surface area (TPSA) is 118 Å². The zero-order valence-electron chi connectivity index (χ0n) is 18.9. The van der Waals surface area contributed by atoms with Gasteiger partial charge >= 0.3 is 0 Å². The molecule has 1 unspecified atom stereocenters. The number of benzene rings is 1. The van der Waals surface area contributed by atoms with E-state index in [0.29, 0.717) is 23.5 Å². The molecule has 1 fully saturated rings. The summed E-state index contributed by atoms with van der Waals surface area (Å²) in [6.07, 6.45) is 1.93. The molecule has 170 valence electrons. The van der Waals surface area contributed by atoms with Gasteiger partial charge in [-0.3, -0.25) is 4.90 Å². The van der Waals surface area contributed by atoms with Gasteiger partial charge < -0.3 is 16.4 Å². The second kappa shape index (κ2) is 8.97. The Morgan fingerprint density at radius 2 is 2.09 bits per heavy atom. The van der Waals surface area contributed by atoms with Gasteiger partial charge in [-0.1, -0.05) is 0 Å². The Hall–Kier alpha value is -3.21. The van der Waals surface area contributed by atoms with E-state index in [1.54, 1.807) is 11.3 Å². The smallest absolute Gasteiger partial charge is 0.223 e. The Morgan fingerprint density at radius 3 is 2.91 bits per heavy atom. The first-order chi connectivity index (χ1) is 16.0. The van der Waals surface area contributed by atoms with Crippen molar-refractivity contribution in [2.24, 2.45) is 0 Å². The maximum Gasteiger partial charge on any atom is 0.223 e. The van der Waals surface area contributed by atoms with Crippen LogP contribution in [0.5, 0.6) is 0 Å². The molecule has 0 spiro atoms. The molecule has 33 heavy (non-hydrogen) atoms. The molecule has 1 saturated heterocycles. The number of rotatable bonds is 5. The SMILES string of the molecule is Cc1nc(N)nc(-c2cc([C@@H](C)N3CCNCC3C)cnc2Nc2ccc3scnc3c2)n1. The quantitative estimate of drug-likeness (QED) is 0.410. The highest BCUT2D eigenvalue weighted by Gasteiger charge is 2.25. The molecule has 4 aromatic rings. The van der Waals surface area contributed by atoms with Crippen LogP contribution in [0.15, 0.2) is 36.0 Å². The lowest BCUT2D eigenvalue weighted by Gasteiger charge is -2.38. The van der Waals surface area contributed by atoms with E-state index in [1.165, 1.54) is 0 Å². The summed E-state index contributed by atoms with van der Waals surface area (Å²) >= 11 is 1.62. The van der Waals surface area contributed by atoms with Gasteiger partial charge in [0, 0.05) is 43.6 Å². The Labute approximate surface area is 196 Å². The van der Waals surface area contributed by atoms with Crippen molar-refractivity contribution in [2.45, 2.75) is 32.9 Å². The van der Waals surface area contributed by atoms with E-state index in [1.807, 2.05) is 30.8 Å². The van der Waals surface area contributed by atoms with Crippen LogP contribution in [0.3, 0.4) is 0 Å².